The van der Waals surface area contributed by atoms with Gasteiger partial charge in [0.1, 0.15) is 5.75 Å². The summed E-state index contributed by atoms with van der Waals surface area (Å²) in [6, 6.07) is 4.98. The van der Waals surface area contributed by atoms with E-state index in [2.05, 4.69) is 14.6 Å². The van der Waals surface area contributed by atoms with Crippen LogP contribution < -0.4 is 14.4 Å². The topological polar surface area (TPSA) is 71.5 Å². The Morgan fingerprint density at radius 2 is 2.27 bits per heavy atom. The van der Waals surface area contributed by atoms with Crippen molar-refractivity contribution in [3.63, 3.8) is 0 Å². The molecule has 0 bridgehead atoms. The smallest absolute Gasteiger partial charge is 0.240 e. The van der Waals surface area contributed by atoms with Crippen LogP contribution in [0.5, 0.6) is 5.75 Å². The molecule has 8 heteroatoms. The Balaban J connectivity index is 1.62. The van der Waals surface area contributed by atoms with E-state index in [1.54, 1.807) is 35.7 Å². The number of sulfonamides is 1. The molecule has 26 heavy (non-hydrogen) atoms. The van der Waals surface area contributed by atoms with Crippen molar-refractivity contribution in [2.75, 3.05) is 31.1 Å². The lowest BCUT2D eigenvalue weighted by Gasteiger charge is -2.32. The summed E-state index contributed by atoms with van der Waals surface area (Å²) in [5, 5.41) is 2.98. The number of ether oxygens (including phenoxy) is 1. The SMILES string of the molecule is CCOc1ccc(S(=O)(=O)NCC2CCCN(c3nccs3)C2)cc1C. The summed E-state index contributed by atoms with van der Waals surface area (Å²) in [5.74, 6) is 1.00. The summed E-state index contributed by atoms with van der Waals surface area (Å²) in [7, 11) is -3.52. The number of hydrogen-bond donors (Lipinski definition) is 1. The third-order valence-electron chi connectivity index (χ3n) is 4.53. The number of anilines is 1. The van der Waals surface area contributed by atoms with Gasteiger partial charge in [0.25, 0.3) is 0 Å². The highest BCUT2D eigenvalue weighted by molar-refractivity contribution is 7.89. The van der Waals surface area contributed by atoms with Crippen LogP contribution in [0.1, 0.15) is 25.3 Å². The number of nitrogens with zero attached hydrogens (tertiary/aromatic N) is 2. The average Bonchev–Trinajstić information content (AvgIpc) is 3.17. The first-order chi connectivity index (χ1) is 12.5. The van der Waals surface area contributed by atoms with E-state index >= 15 is 0 Å². The van der Waals surface area contributed by atoms with E-state index in [4.69, 9.17) is 4.74 Å². The number of aromatic nitrogens is 1. The third kappa shape index (κ3) is 4.55. The molecule has 3 rings (SSSR count). The fraction of sp³-hybridized carbons (Fsp3) is 0.500. The van der Waals surface area contributed by atoms with Crippen molar-refractivity contribution < 1.29 is 13.2 Å². The van der Waals surface area contributed by atoms with Gasteiger partial charge in [0.15, 0.2) is 5.13 Å². The monoisotopic (exact) mass is 395 g/mol. The Labute approximate surface area is 159 Å². The van der Waals surface area contributed by atoms with Gasteiger partial charge in [-0.05, 0) is 56.4 Å². The van der Waals surface area contributed by atoms with Crippen molar-refractivity contribution in [3.8, 4) is 5.75 Å². The zero-order valence-electron chi connectivity index (χ0n) is 15.1. The molecular weight excluding hydrogens is 370 g/mol. The standard InChI is InChI=1S/C18H25N3O3S2/c1-3-24-17-7-6-16(11-14(17)2)26(22,23)20-12-15-5-4-9-21(13-15)18-19-8-10-25-18/h6-8,10-11,15,20H,3-5,9,12-13H2,1-2H3. The average molecular weight is 396 g/mol. The van der Waals surface area contributed by atoms with Gasteiger partial charge in [-0.3, -0.25) is 0 Å². The second-order valence-electron chi connectivity index (χ2n) is 6.48. The number of piperidine rings is 1. The van der Waals surface area contributed by atoms with Gasteiger partial charge in [0.05, 0.1) is 11.5 Å². The van der Waals surface area contributed by atoms with Crippen LogP contribution in [0.25, 0.3) is 0 Å². The fourth-order valence-electron chi connectivity index (χ4n) is 3.19. The first-order valence-corrected chi connectivity index (χ1v) is 11.2. The van der Waals surface area contributed by atoms with Crippen LogP contribution in [0.15, 0.2) is 34.7 Å². The Morgan fingerprint density at radius 1 is 1.42 bits per heavy atom. The predicted molar refractivity (Wildman–Crippen MR) is 105 cm³/mol. The molecule has 1 aromatic heterocycles. The van der Waals surface area contributed by atoms with Crippen LogP contribution in [0.2, 0.25) is 0 Å². The van der Waals surface area contributed by atoms with E-state index in [0.717, 1.165) is 42.4 Å². The second kappa shape index (κ2) is 8.37. The predicted octanol–water partition coefficient (Wildman–Crippen LogP) is 3.05. The minimum atomic E-state index is -3.52. The molecule has 0 radical (unpaired) electrons. The Kier molecular flexibility index (Phi) is 6.16. The molecule has 1 N–H and O–H groups in total. The van der Waals surface area contributed by atoms with Crippen LogP contribution >= 0.6 is 11.3 Å². The second-order valence-corrected chi connectivity index (χ2v) is 9.12. The molecular formula is C18H25N3O3S2. The molecule has 2 aromatic rings. The minimum absolute atomic E-state index is 0.283. The number of aryl methyl sites for hydroxylation is 1. The van der Waals surface area contributed by atoms with Crippen LogP contribution in [0.3, 0.4) is 0 Å². The van der Waals surface area contributed by atoms with Crippen molar-refractivity contribution in [1.82, 2.24) is 9.71 Å². The van der Waals surface area contributed by atoms with Crippen LogP contribution in [0.4, 0.5) is 5.13 Å². The molecule has 1 unspecified atom stereocenters. The molecule has 0 amide bonds. The highest BCUT2D eigenvalue weighted by Crippen LogP contribution is 2.25. The molecule has 0 saturated carbocycles. The summed E-state index contributed by atoms with van der Waals surface area (Å²) >= 11 is 1.62. The first-order valence-electron chi connectivity index (χ1n) is 8.87. The zero-order valence-corrected chi connectivity index (χ0v) is 16.8. The van der Waals surface area contributed by atoms with Crippen molar-refractivity contribution in [1.29, 1.82) is 0 Å². The van der Waals surface area contributed by atoms with Crippen LogP contribution in [-0.4, -0.2) is 39.6 Å². The van der Waals surface area contributed by atoms with Gasteiger partial charge < -0.3 is 9.64 Å². The first kappa shape index (κ1) is 19.1. The highest BCUT2D eigenvalue weighted by atomic mass is 32.2. The molecule has 0 spiro atoms. The lowest BCUT2D eigenvalue weighted by Crippen LogP contribution is -2.41. The summed E-state index contributed by atoms with van der Waals surface area (Å²) in [6.07, 6.45) is 3.88. The number of nitrogens with one attached hydrogen (secondary N) is 1. The summed E-state index contributed by atoms with van der Waals surface area (Å²) < 4.78 is 33.5. The maximum atomic E-state index is 12.6. The largest absolute Gasteiger partial charge is 0.494 e. The molecule has 142 valence electrons. The summed E-state index contributed by atoms with van der Waals surface area (Å²) in [4.78, 5) is 6.89. The number of hydrogen-bond acceptors (Lipinski definition) is 6. The number of thiazole rings is 1. The molecule has 1 fully saturated rings. The number of rotatable bonds is 7. The molecule has 0 aliphatic carbocycles. The summed E-state index contributed by atoms with van der Waals surface area (Å²) in [5.41, 5.74) is 0.822. The van der Waals surface area contributed by atoms with Gasteiger partial charge in [-0.25, -0.2) is 18.1 Å². The lowest BCUT2D eigenvalue weighted by atomic mass is 9.99. The van der Waals surface area contributed by atoms with E-state index in [0.29, 0.717) is 13.2 Å². The maximum absolute atomic E-state index is 12.6. The van der Waals surface area contributed by atoms with E-state index < -0.39 is 10.0 Å². The van der Waals surface area contributed by atoms with Crippen LogP contribution in [0, 0.1) is 12.8 Å². The quantitative estimate of drug-likeness (QED) is 0.780. The Bertz CT molecular complexity index is 822. The van der Waals surface area contributed by atoms with E-state index in [1.807, 2.05) is 19.2 Å². The maximum Gasteiger partial charge on any atom is 0.240 e. The lowest BCUT2D eigenvalue weighted by molar-refractivity contribution is 0.337. The van der Waals surface area contributed by atoms with Gasteiger partial charge in [-0.1, -0.05) is 0 Å². The number of benzene rings is 1. The van der Waals surface area contributed by atoms with E-state index in [9.17, 15) is 8.42 Å². The molecule has 1 aliphatic rings. The van der Waals surface area contributed by atoms with Crippen molar-refractivity contribution in [2.45, 2.75) is 31.6 Å². The van der Waals surface area contributed by atoms with E-state index in [-0.39, 0.29) is 10.8 Å². The molecule has 6 nitrogen and oxygen atoms in total. The minimum Gasteiger partial charge on any atom is -0.494 e. The van der Waals surface area contributed by atoms with Gasteiger partial charge in [0, 0.05) is 31.2 Å². The van der Waals surface area contributed by atoms with E-state index in [1.165, 1.54) is 0 Å². The highest BCUT2D eigenvalue weighted by Gasteiger charge is 2.24. The molecule has 2 heterocycles. The van der Waals surface area contributed by atoms with Gasteiger partial charge in [-0.2, -0.15) is 0 Å². The van der Waals surface area contributed by atoms with Gasteiger partial charge in [-0.15, -0.1) is 11.3 Å². The normalized spacial score (nSPS) is 18.1. The van der Waals surface area contributed by atoms with Crippen LogP contribution in [-0.2, 0) is 10.0 Å². The Morgan fingerprint density at radius 3 is 2.96 bits per heavy atom. The Hall–Kier alpha value is -1.64. The van der Waals surface area contributed by atoms with Crippen molar-refractivity contribution >= 4 is 26.5 Å². The van der Waals surface area contributed by atoms with Crippen molar-refractivity contribution in [2.24, 2.45) is 5.92 Å². The van der Waals surface area contributed by atoms with Crippen molar-refractivity contribution in [3.05, 3.63) is 35.3 Å². The van der Waals surface area contributed by atoms with Gasteiger partial charge in [0.2, 0.25) is 10.0 Å². The molecule has 1 aromatic carbocycles. The molecule has 1 saturated heterocycles. The summed E-state index contributed by atoms with van der Waals surface area (Å²) in [6.45, 7) is 6.58. The third-order valence-corrected chi connectivity index (χ3v) is 6.78. The van der Waals surface area contributed by atoms with Gasteiger partial charge >= 0.3 is 0 Å². The molecule has 1 aliphatic heterocycles. The fourth-order valence-corrected chi connectivity index (χ4v) is 5.08. The molecule has 1 atom stereocenters. The zero-order chi connectivity index (χ0) is 18.6.